The highest BCUT2D eigenvalue weighted by Crippen LogP contribution is 2.73. The molecular weight excluding hydrogens is 400 g/mol. The zero-order valence-corrected chi connectivity index (χ0v) is 21.1. The summed E-state index contributed by atoms with van der Waals surface area (Å²) in [5.74, 6) is 3.61. The van der Waals surface area contributed by atoms with Gasteiger partial charge in [0.15, 0.2) is 0 Å². The van der Waals surface area contributed by atoms with Gasteiger partial charge in [-0.15, -0.1) is 0 Å². The zero-order chi connectivity index (χ0) is 23.1. The predicted octanol–water partition coefficient (Wildman–Crippen LogP) is 4.93. The van der Waals surface area contributed by atoms with E-state index in [0.717, 1.165) is 30.6 Å². The average molecular weight is 449 g/mol. The Balaban J connectivity index is 1.43. The molecule has 32 heavy (non-hydrogen) atoms. The lowest BCUT2D eigenvalue weighted by molar-refractivity contribution is -0.397. The molecule has 6 fully saturated rings. The van der Waals surface area contributed by atoms with Gasteiger partial charge in [-0.2, -0.15) is 0 Å². The fourth-order valence-electron chi connectivity index (χ4n) is 10.2. The lowest BCUT2D eigenvalue weighted by atomic mass is 9.37. The van der Waals surface area contributed by atoms with E-state index in [-0.39, 0.29) is 6.10 Å². The van der Waals surface area contributed by atoms with Gasteiger partial charge in [0.1, 0.15) is 11.2 Å². The number of aliphatic hydroxyl groups excluding tert-OH is 1. The van der Waals surface area contributed by atoms with Crippen LogP contribution >= 0.6 is 0 Å². The summed E-state index contributed by atoms with van der Waals surface area (Å²) in [6.45, 7) is 12.1. The van der Waals surface area contributed by atoms with E-state index in [1.807, 2.05) is 6.92 Å². The van der Waals surface area contributed by atoms with Crippen LogP contribution in [0.3, 0.4) is 0 Å². The monoisotopic (exact) mass is 448 g/mol. The largest absolute Gasteiger partial charge is 0.393 e. The van der Waals surface area contributed by atoms with Crippen molar-refractivity contribution in [3.05, 3.63) is 0 Å². The van der Waals surface area contributed by atoms with Gasteiger partial charge < -0.3 is 20.1 Å². The second kappa shape index (κ2) is 7.67. The Labute approximate surface area is 195 Å². The minimum Gasteiger partial charge on any atom is -0.393 e. The molecular formula is C28H48O4. The topological polar surface area (TPSA) is 69.9 Å². The molecule has 4 saturated carbocycles. The summed E-state index contributed by atoms with van der Waals surface area (Å²) in [6.07, 6.45) is 9.86. The molecule has 2 bridgehead atoms. The maximum absolute atomic E-state index is 12.0. The van der Waals surface area contributed by atoms with Gasteiger partial charge in [0, 0.05) is 11.8 Å². The van der Waals surface area contributed by atoms with E-state index in [1.54, 1.807) is 0 Å². The van der Waals surface area contributed by atoms with Crippen molar-refractivity contribution >= 4 is 0 Å². The Hall–Kier alpha value is -0.160. The molecule has 11 atom stereocenters. The van der Waals surface area contributed by atoms with E-state index in [4.69, 9.17) is 4.74 Å². The summed E-state index contributed by atoms with van der Waals surface area (Å²) in [5, 5.41) is 34.3. The first-order valence-corrected chi connectivity index (χ1v) is 13.7. The standard InChI is InChI=1S/C28H48O4/c1-17(2)7-6-8-18(3)20-9-10-21-23-22(12-13-25(20,21)4)27-14-11-19(29)15-28(27,31)26(5,30)24(23)32-16-27/h17-24,29-31H,6-16H2,1-5H3/t18-,19+,20-,21+,22+,23+,24-,25-,26?,27+,28+/m1/s1. The highest BCUT2D eigenvalue weighted by molar-refractivity contribution is 5.27. The molecule has 1 spiro atoms. The van der Waals surface area contributed by atoms with Gasteiger partial charge in [0.05, 0.1) is 18.8 Å². The van der Waals surface area contributed by atoms with Gasteiger partial charge in [-0.1, -0.05) is 47.0 Å². The third kappa shape index (κ3) is 2.94. The first-order valence-electron chi connectivity index (χ1n) is 13.7. The SMILES string of the molecule is CC(C)CCC[C@@H](C)[C@H]1CC[C@H]2[C@@H]3[C@H]4OC[C@@]5(CC[C@H](O)C[C@]5(O)C4(C)O)[C@H]3CC[C@]12C. The normalized spacial score (nSPS) is 55.4. The van der Waals surface area contributed by atoms with E-state index < -0.39 is 22.7 Å². The average Bonchev–Trinajstić information content (AvgIpc) is 3.07. The van der Waals surface area contributed by atoms with Crippen LogP contribution in [-0.2, 0) is 4.74 Å². The van der Waals surface area contributed by atoms with Crippen LogP contribution < -0.4 is 0 Å². The van der Waals surface area contributed by atoms with Crippen molar-refractivity contribution in [2.75, 3.05) is 6.61 Å². The van der Waals surface area contributed by atoms with Crippen LogP contribution in [0.2, 0.25) is 0 Å². The Morgan fingerprint density at radius 3 is 2.41 bits per heavy atom. The van der Waals surface area contributed by atoms with Crippen LogP contribution in [0.25, 0.3) is 0 Å². The number of aliphatic hydroxyl groups is 3. The molecule has 2 aliphatic heterocycles. The predicted molar refractivity (Wildman–Crippen MR) is 126 cm³/mol. The van der Waals surface area contributed by atoms with Crippen molar-refractivity contribution in [2.45, 2.75) is 122 Å². The first-order chi connectivity index (χ1) is 15.0. The molecule has 6 aliphatic rings. The van der Waals surface area contributed by atoms with Gasteiger partial charge in [0.25, 0.3) is 0 Å². The molecule has 4 aliphatic carbocycles. The number of ether oxygens (including phenoxy) is 1. The Bertz CT molecular complexity index is 720. The van der Waals surface area contributed by atoms with E-state index in [2.05, 4.69) is 27.7 Å². The molecule has 0 aromatic carbocycles. The molecule has 4 nitrogen and oxygen atoms in total. The second-order valence-corrected chi connectivity index (χ2v) is 13.6. The molecule has 2 heterocycles. The van der Waals surface area contributed by atoms with E-state index in [1.165, 1.54) is 38.5 Å². The fraction of sp³-hybridized carbons (Fsp3) is 1.00. The zero-order valence-electron chi connectivity index (χ0n) is 21.1. The Morgan fingerprint density at radius 1 is 0.938 bits per heavy atom. The molecule has 184 valence electrons. The van der Waals surface area contributed by atoms with Crippen LogP contribution in [0.5, 0.6) is 0 Å². The molecule has 0 aromatic heterocycles. The van der Waals surface area contributed by atoms with Gasteiger partial charge in [0.2, 0.25) is 0 Å². The van der Waals surface area contributed by atoms with Gasteiger partial charge in [-0.05, 0) is 86.4 Å². The summed E-state index contributed by atoms with van der Waals surface area (Å²) < 4.78 is 6.47. The van der Waals surface area contributed by atoms with Crippen LogP contribution in [0, 0.1) is 46.3 Å². The lowest BCUT2D eigenvalue weighted by Crippen LogP contribution is -2.83. The molecule has 0 radical (unpaired) electrons. The van der Waals surface area contributed by atoms with E-state index in [0.29, 0.717) is 42.6 Å². The molecule has 0 aromatic rings. The fourth-order valence-corrected chi connectivity index (χ4v) is 10.2. The highest BCUT2D eigenvalue weighted by atomic mass is 16.5. The lowest BCUT2D eigenvalue weighted by Gasteiger charge is -2.74. The second-order valence-electron chi connectivity index (χ2n) is 13.6. The van der Waals surface area contributed by atoms with Crippen molar-refractivity contribution in [3.8, 4) is 0 Å². The maximum atomic E-state index is 12.0. The van der Waals surface area contributed by atoms with Gasteiger partial charge in [-0.25, -0.2) is 0 Å². The number of fused-ring (bicyclic) bond motifs is 2. The minimum atomic E-state index is -1.30. The smallest absolute Gasteiger partial charge is 0.117 e. The Morgan fingerprint density at radius 2 is 1.69 bits per heavy atom. The van der Waals surface area contributed by atoms with Crippen LogP contribution in [0.15, 0.2) is 0 Å². The summed E-state index contributed by atoms with van der Waals surface area (Å²) in [6, 6.07) is 0. The summed E-state index contributed by atoms with van der Waals surface area (Å²) in [5.41, 5.74) is -2.62. The summed E-state index contributed by atoms with van der Waals surface area (Å²) >= 11 is 0. The molecule has 4 heteroatoms. The maximum Gasteiger partial charge on any atom is 0.117 e. The van der Waals surface area contributed by atoms with Crippen LogP contribution in [0.1, 0.15) is 98.8 Å². The molecule has 0 amide bonds. The molecule has 3 N–H and O–H groups in total. The van der Waals surface area contributed by atoms with Crippen molar-refractivity contribution < 1.29 is 20.1 Å². The van der Waals surface area contributed by atoms with Crippen LogP contribution in [-0.4, -0.2) is 45.3 Å². The van der Waals surface area contributed by atoms with Crippen molar-refractivity contribution in [3.63, 3.8) is 0 Å². The quantitative estimate of drug-likeness (QED) is 0.557. The van der Waals surface area contributed by atoms with Crippen molar-refractivity contribution in [2.24, 2.45) is 46.3 Å². The van der Waals surface area contributed by atoms with Gasteiger partial charge >= 0.3 is 0 Å². The molecule has 6 rings (SSSR count). The number of hydrogen-bond acceptors (Lipinski definition) is 4. The molecule has 1 unspecified atom stereocenters. The van der Waals surface area contributed by atoms with Crippen molar-refractivity contribution in [1.82, 2.24) is 0 Å². The minimum absolute atomic E-state index is 0.292. The summed E-state index contributed by atoms with van der Waals surface area (Å²) in [7, 11) is 0. The first kappa shape index (κ1) is 23.6. The number of rotatable bonds is 5. The third-order valence-electron chi connectivity index (χ3n) is 11.8. The van der Waals surface area contributed by atoms with E-state index >= 15 is 0 Å². The highest BCUT2D eigenvalue weighted by Gasteiger charge is 2.78. The Kier molecular flexibility index (Phi) is 5.65. The van der Waals surface area contributed by atoms with E-state index in [9.17, 15) is 15.3 Å². The van der Waals surface area contributed by atoms with Crippen molar-refractivity contribution in [1.29, 1.82) is 0 Å². The summed E-state index contributed by atoms with van der Waals surface area (Å²) in [4.78, 5) is 0. The third-order valence-corrected chi connectivity index (χ3v) is 11.8. The van der Waals surface area contributed by atoms with Gasteiger partial charge in [-0.3, -0.25) is 0 Å². The molecule has 2 saturated heterocycles. The van der Waals surface area contributed by atoms with Crippen LogP contribution in [0.4, 0.5) is 0 Å². The number of hydrogen-bond donors (Lipinski definition) is 3.